The molecule has 4 nitrogen and oxygen atoms in total. The monoisotopic (exact) mass is 310 g/mol. The van der Waals surface area contributed by atoms with E-state index in [0.717, 1.165) is 48.8 Å². The Balaban J connectivity index is 1.72. The van der Waals surface area contributed by atoms with E-state index in [1.807, 2.05) is 12.1 Å². The van der Waals surface area contributed by atoms with Crippen LogP contribution in [0.5, 0.6) is 5.75 Å². The summed E-state index contributed by atoms with van der Waals surface area (Å²) in [6.07, 6.45) is 2.33. The maximum Gasteiger partial charge on any atom is 0.189 e. The molecule has 2 heterocycles. The van der Waals surface area contributed by atoms with E-state index in [9.17, 15) is 0 Å². The predicted octanol–water partition coefficient (Wildman–Crippen LogP) is 2.78. The number of likely N-dealkylation sites (tertiary alicyclic amines) is 1. The number of hydrogen-bond donors (Lipinski definition) is 1. The van der Waals surface area contributed by atoms with Crippen LogP contribution in [0.3, 0.4) is 0 Å². The molecule has 1 aromatic rings. The number of piperidine rings is 1. The second-order valence-corrected chi connectivity index (χ2v) is 6.69. The first-order valence-electron chi connectivity index (χ1n) is 7.53. The number of rotatable bonds is 3. The molecule has 2 aliphatic heterocycles. The smallest absolute Gasteiger partial charge is 0.189 e. The van der Waals surface area contributed by atoms with Gasteiger partial charge in [0.1, 0.15) is 5.75 Å². The lowest BCUT2D eigenvalue weighted by molar-refractivity contribution is -0.0176. The first-order chi connectivity index (χ1) is 10.1. The molecule has 0 aliphatic carbocycles. The van der Waals surface area contributed by atoms with Crippen LogP contribution in [-0.4, -0.2) is 37.4 Å². The van der Waals surface area contributed by atoms with Gasteiger partial charge < -0.3 is 14.8 Å². The first-order valence-corrected chi connectivity index (χ1v) is 7.90. The number of nitrogens with zero attached hydrogens (tertiary/aromatic N) is 1. The Kier molecular flexibility index (Phi) is 4.41. The Morgan fingerprint density at radius 3 is 2.81 bits per heavy atom. The van der Waals surface area contributed by atoms with Crippen molar-refractivity contribution in [2.45, 2.75) is 38.5 Å². The van der Waals surface area contributed by atoms with Crippen molar-refractivity contribution in [3.05, 3.63) is 28.3 Å². The summed E-state index contributed by atoms with van der Waals surface area (Å²) in [7, 11) is 2.05. The number of hydrogen-bond acceptors (Lipinski definition) is 4. The van der Waals surface area contributed by atoms with Crippen LogP contribution >= 0.6 is 11.6 Å². The van der Waals surface area contributed by atoms with Crippen LogP contribution in [0.1, 0.15) is 30.9 Å². The van der Waals surface area contributed by atoms with Crippen LogP contribution in [0.25, 0.3) is 0 Å². The van der Waals surface area contributed by atoms with Crippen molar-refractivity contribution in [1.82, 2.24) is 10.2 Å². The molecule has 116 valence electrons. The number of nitrogens with one attached hydrogen (secondary N) is 1. The molecule has 1 aromatic carbocycles. The molecule has 0 atom stereocenters. The molecule has 0 bridgehead atoms. The second-order valence-electron chi connectivity index (χ2n) is 6.25. The van der Waals surface area contributed by atoms with Crippen LogP contribution in [0.4, 0.5) is 0 Å². The van der Waals surface area contributed by atoms with Crippen molar-refractivity contribution in [3.63, 3.8) is 0 Å². The normalized spacial score (nSPS) is 21.7. The number of fused-ring (bicyclic) bond motifs is 1. The molecule has 1 saturated heterocycles. The summed E-state index contributed by atoms with van der Waals surface area (Å²) in [5.74, 6) is 0.965. The van der Waals surface area contributed by atoms with Gasteiger partial charge in [0.2, 0.25) is 0 Å². The SMILES string of the molecule is CNC1(C)CCN(Cc2cc(Cl)cc3c2OCOC3)CC1. The van der Waals surface area contributed by atoms with Crippen LogP contribution < -0.4 is 10.1 Å². The highest BCUT2D eigenvalue weighted by molar-refractivity contribution is 6.30. The van der Waals surface area contributed by atoms with Crippen molar-refractivity contribution >= 4 is 11.6 Å². The summed E-state index contributed by atoms with van der Waals surface area (Å²) in [6, 6.07) is 3.96. The van der Waals surface area contributed by atoms with Gasteiger partial charge >= 0.3 is 0 Å². The van der Waals surface area contributed by atoms with Gasteiger partial charge in [-0.3, -0.25) is 4.90 Å². The Morgan fingerprint density at radius 2 is 2.10 bits per heavy atom. The predicted molar refractivity (Wildman–Crippen MR) is 83.7 cm³/mol. The van der Waals surface area contributed by atoms with E-state index < -0.39 is 0 Å². The van der Waals surface area contributed by atoms with E-state index in [1.54, 1.807) is 0 Å². The van der Waals surface area contributed by atoms with Crippen molar-refractivity contribution in [2.75, 3.05) is 26.9 Å². The lowest BCUT2D eigenvalue weighted by Crippen LogP contribution is -2.49. The molecule has 21 heavy (non-hydrogen) atoms. The van der Waals surface area contributed by atoms with Gasteiger partial charge in [-0.05, 0) is 38.9 Å². The van der Waals surface area contributed by atoms with Crippen molar-refractivity contribution in [2.24, 2.45) is 0 Å². The summed E-state index contributed by atoms with van der Waals surface area (Å²) in [4.78, 5) is 2.48. The quantitative estimate of drug-likeness (QED) is 0.931. The molecule has 5 heteroatoms. The van der Waals surface area contributed by atoms with Crippen LogP contribution in [-0.2, 0) is 17.9 Å². The van der Waals surface area contributed by atoms with E-state index >= 15 is 0 Å². The minimum atomic E-state index is 0.272. The Hall–Kier alpha value is -0.810. The summed E-state index contributed by atoms with van der Waals surface area (Å²) >= 11 is 6.23. The lowest BCUT2D eigenvalue weighted by Gasteiger charge is -2.39. The third-order valence-corrected chi connectivity index (χ3v) is 4.93. The van der Waals surface area contributed by atoms with Gasteiger partial charge in [0.25, 0.3) is 0 Å². The van der Waals surface area contributed by atoms with Gasteiger partial charge in [0.15, 0.2) is 6.79 Å². The van der Waals surface area contributed by atoms with Crippen LogP contribution in [0, 0.1) is 0 Å². The summed E-state index contributed by atoms with van der Waals surface area (Å²) in [5, 5.41) is 4.19. The Labute approximate surface area is 131 Å². The summed E-state index contributed by atoms with van der Waals surface area (Å²) in [6.45, 7) is 6.29. The lowest BCUT2D eigenvalue weighted by atomic mass is 9.89. The van der Waals surface area contributed by atoms with E-state index in [4.69, 9.17) is 21.1 Å². The number of ether oxygens (including phenoxy) is 2. The van der Waals surface area contributed by atoms with Gasteiger partial charge in [-0.2, -0.15) is 0 Å². The van der Waals surface area contributed by atoms with Gasteiger partial charge in [0.05, 0.1) is 6.61 Å². The van der Waals surface area contributed by atoms with E-state index in [0.29, 0.717) is 13.4 Å². The second kappa shape index (κ2) is 6.13. The van der Waals surface area contributed by atoms with Gasteiger partial charge in [-0.25, -0.2) is 0 Å². The maximum absolute atomic E-state index is 6.23. The molecule has 3 rings (SSSR count). The Morgan fingerprint density at radius 1 is 1.33 bits per heavy atom. The molecule has 0 saturated carbocycles. The Bertz CT molecular complexity index is 513. The number of halogens is 1. The fraction of sp³-hybridized carbons (Fsp3) is 0.625. The molecule has 0 radical (unpaired) electrons. The highest BCUT2D eigenvalue weighted by Crippen LogP contribution is 2.33. The van der Waals surface area contributed by atoms with Gasteiger partial charge in [0, 0.05) is 41.3 Å². The minimum absolute atomic E-state index is 0.272. The third kappa shape index (κ3) is 3.34. The molecular formula is C16H23ClN2O2. The highest BCUT2D eigenvalue weighted by atomic mass is 35.5. The van der Waals surface area contributed by atoms with Crippen LogP contribution in [0.2, 0.25) is 5.02 Å². The largest absolute Gasteiger partial charge is 0.467 e. The molecule has 0 unspecified atom stereocenters. The van der Waals surface area contributed by atoms with Crippen molar-refractivity contribution in [1.29, 1.82) is 0 Å². The average molecular weight is 311 g/mol. The van der Waals surface area contributed by atoms with E-state index in [-0.39, 0.29) is 5.54 Å². The minimum Gasteiger partial charge on any atom is -0.467 e. The topological polar surface area (TPSA) is 33.7 Å². The zero-order valence-corrected chi connectivity index (χ0v) is 13.5. The fourth-order valence-electron chi connectivity index (χ4n) is 3.07. The molecule has 2 aliphatic rings. The third-order valence-electron chi connectivity index (χ3n) is 4.71. The highest BCUT2D eigenvalue weighted by Gasteiger charge is 2.29. The molecule has 1 N–H and O–H groups in total. The average Bonchev–Trinajstić information content (AvgIpc) is 2.49. The molecule has 0 spiro atoms. The zero-order chi connectivity index (χ0) is 14.9. The summed E-state index contributed by atoms with van der Waals surface area (Å²) < 4.78 is 11.0. The van der Waals surface area contributed by atoms with Gasteiger partial charge in [-0.1, -0.05) is 11.6 Å². The first kappa shape index (κ1) is 15.1. The van der Waals surface area contributed by atoms with Crippen LogP contribution in [0.15, 0.2) is 12.1 Å². The molecular weight excluding hydrogens is 288 g/mol. The van der Waals surface area contributed by atoms with Gasteiger partial charge in [-0.15, -0.1) is 0 Å². The molecule has 1 fully saturated rings. The van der Waals surface area contributed by atoms with Crippen molar-refractivity contribution in [3.8, 4) is 5.75 Å². The summed E-state index contributed by atoms with van der Waals surface area (Å²) in [5.41, 5.74) is 2.50. The fourth-order valence-corrected chi connectivity index (χ4v) is 3.33. The van der Waals surface area contributed by atoms with Crippen molar-refractivity contribution < 1.29 is 9.47 Å². The number of benzene rings is 1. The molecule has 0 amide bonds. The van der Waals surface area contributed by atoms with E-state index in [2.05, 4.69) is 24.2 Å². The van der Waals surface area contributed by atoms with E-state index in [1.165, 1.54) is 5.56 Å². The molecule has 0 aromatic heterocycles. The zero-order valence-electron chi connectivity index (χ0n) is 12.7. The maximum atomic E-state index is 6.23. The standard InChI is InChI=1S/C16H23ClN2O2/c1-16(18-2)3-5-19(6-4-16)9-12-7-14(17)8-13-10-20-11-21-15(12)13/h7-8,18H,3-6,9-11H2,1-2H3.